The van der Waals surface area contributed by atoms with Crippen LogP contribution in [0.1, 0.15) is 22.6 Å². The number of rotatable bonds is 5. The topological polar surface area (TPSA) is 35.2 Å². The van der Waals surface area contributed by atoms with E-state index >= 15 is 0 Å². The quantitative estimate of drug-likeness (QED) is 0.889. The number of hydrogen-bond acceptors (Lipinski definition) is 2. The Morgan fingerprint density at radius 3 is 2.16 bits per heavy atom. The van der Waals surface area contributed by atoms with Gasteiger partial charge in [0, 0.05) is 5.92 Å². The van der Waals surface area contributed by atoms with Gasteiger partial charge < -0.3 is 10.5 Å². The van der Waals surface area contributed by atoms with E-state index in [2.05, 4.69) is 43.3 Å². The molecule has 2 aromatic rings. The maximum absolute atomic E-state index is 5.92. The molecule has 1 unspecified atom stereocenters. The number of ether oxygens (including phenoxy) is 1. The number of benzene rings is 2. The van der Waals surface area contributed by atoms with Crippen molar-refractivity contribution in [3.63, 3.8) is 0 Å². The van der Waals surface area contributed by atoms with E-state index in [0.717, 1.165) is 12.2 Å². The Balaban J connectivity index is 2.12. The molecule has 2 nitrogen and oxygen atoms in total. The van der Waals surface area contributed by atoms with Crippen molar-refractivity contribution in [1.82, 2.24) is 0 Å². The average Bonchev–Trinajstić information content (AvgIpc) is 2.47. The minimum Gasteiger partial charge on any atom is -0.497 e. The molecule has 0 bridgehead atoms. The first-order valence-corrected chi connectivity index (χ1v) is 6.62. The van der Waals surface area contributed by atoms with Crippen LogP contribution in [0.25, 0.3) is 0 Å². The Labute approximate surface area is 115 Å². The number of methoxy groups -OCH3 is 1. The third kappa shape index (κ3) is 3.58. The minimum absolute atomic E-state index is 0.355. The van der Waals surface area contributed by atoms with E-state index in [1.807, 2.05) is 12.1 Å². The molecule has 100 valence electrons. The van der Waals surface area contributed by atoms with Crippen LogP contribution in [0.3, 0.4) is 0 Å². The van der Waals surface area contributed by atoms with E-state index in [4.69, 9.17) is 10.5 Å². The molecule has 0 saturated carbocycles. The van der Waals surface area contributed by atoms with Crippen molar-refractivity contribution < 1.29 is 4.74 Å². The lowest BCUT2D eigenvalue weighted by atomic mass is 9.92. The standard InChI is InChI=1S/C17H21NO/c1-13-3-5-14(6-4-13)11-16(12-18)15-7-9-17(19-2)10-8-15/h3-10,16H,11-12,18H2,1-2H3. The van der Waals surface area contributed by atoms with Gasteiger partial charge in [-0.2, -0.15) is 0 Å². The molecule has 0 aromatic heterocycles. The molecule has 0 aliphatic rings. The van der Waals surface area contributed by atoms with Gasteiger partial charge in [0.2, 0.25) is 0 Å². The zero-order chi connectivity index (χ0) is 13.7. The van der Waals surface area contributed by atoms with Gasteiger partial charge in [-0.05, 0) is 43.1 Å². The Morgan fingerprint density at radius 2 is 1.63 bits per heavy atom. The van der Waals surface area contributed by atoms with E-state index in [9.17, 15) is 0 Å². The van der Waals surface area contributed by atoms with Gasteiger partial charge in [0.15, 0.2) is 0 Å². The van der Waals surface area contributed by atoms with E-state index in [1.165, 1.54) is 16.7 Å². The van der Waals surface area contributed by atoms with Gasteiger partial charge in [-0.1, -0.05) is 42.0 Å². The Bertz CT molecular complexity index is 502. The molecule has 2 rings (SSSR count). The molecule has 0 aliphatic heterocycles. The van der Waals surface area contributed by atoms with Crippen LogP contribution in [0.2, 0.25) is 0 Å². The summed E-state index contributed by atoms with van der Waals surface area (Å²) in [5, 5.41) is 0. The Morgan fingerprint density at radius 1 is 1.00 bits per heavy atom. The molecule has 2 N–H and O–H groups in total. The summed E-state index contributed by atoms with van der Waals surface area (Å²) in [7, 11) is 1.68. The highest BCUT2D eigenvalue weighted by atomic mass is 16.5. The molecule has 0 amide bonds. The summed E-state index contributed by atoms with van der Waals surface area (Å²) >= 11 is 0. The van der Waals surface area contributed by atoms with Crippen LogP contribution in [-0.4, -0.2) is 13.7 Å². The fraction of sp³-hybridized carbons (Fsp3) is 0.294. The fourth-order valence-corrected chi connectivity index (χ4v) is 2.22. The lowest BCUT2D eigenvalue weighted by molar-refractivity contribution is 0.414. The minimum atomic E-state index is 0.355. The van der Waals surface area contributed by atoms with Crippen molar-refractivity contribution in [2.45, 2.75) is 19.3 Å². The highest BCUT2D eigenvalue weighted by Gasteiger charge is 2.10. The molecule has 0 saturated heterocycles. The normalized spacial score (nSPS) is 12.2. The van der Waals surface area contributed by atoms with Gasteiger partial charge in [0.25, 0.3) is 0 Å². The molecule has 0 fully saturated rings. The van der Waals surface area contributed by atoms with Gasteiger partial charge >= 0.3 is 0 Å². The van der Waals surface area contributed by atoms with Gasteiger partial charge in [-0.15, -0.1) is 0 Å². The van der Waals surface area contributed by atoms with Crippen molar-refractivity contribution in [2.75, 3.05) is 13.7 Å². The van der Waals surface area contributed by atoms with Gasteiger partial charge in [-0.25, -0.2) is 0 Å². The SMILES string of the molecule is COc1ccc(C(CN)Cc2ccc(C)cc2)cc1. The summed E-state index contributed by atoms with van der Waals surface area (Å²) in [5.74, 6) is 1.24. The summed E-state index contributed by atoms with van der Waals surface area (Å²) in [6.45, 7) is 2.76. The lowest BCUT2D eigenvalue weighted by Gasteiger charge is -2.16. The third-order valence-electron chi connectivity index (χ3n) is 3.47. The fourth-order valence-electron chi connectivity index (χ4n) is 2.22. The second kappa shape index (κ2) is 6.39. The second-order valence-corrected chi connectivity index (χ2v) is 4.90. The lowest BCUT2D eigenvalue weighted by Crippen LogP contribution is -2.15. The number of hydrogen-bond donors (Lipinski definition) is 1. The van der Waals surface area contributed by atoms with Crippen LogP contribution in [0.15, 0.2) is 48.5 Å². The third-order valence-corrected chi connectivity index (χ3v) is 3.47. The molecule has 0 spiro atoms. The van der Waals surface area contributed by atoms with Gasteiger partial charge in [0.1, 0.15) is 5.75 Å². The highest BCUT2D eigenvalue weighted by Crippen LogP contribution is 2.22. The highest BCUT2D eigenvalue weighted by molar-refractivity contribution is 5.31. The molecule has 2 aromatic carbocycles. The summed E-state index contributed by atoms with van der Waals surface area (Å²) < 4.78 is 5.18. The molecular formula is C17H21NO. The number of nitrogens with two attached hydrogens (primary N) is 1. The summed E-state index contributed by atoms with van der Waals surface area (Å²) in [6, 6.07) is 16.9. The van der Waals surface area contributed by atoms with E-state index < -0.39 is 0 Å². The van der Waals surface area contributed by atoms with E-state index in [1.54, 1.807) is 7.11 Å². The molecule has 2 heteroatoms. The monoisotopic (exact) mass is 255 g/mol. The molecule has 0 radical (unpaired) electrons. The van der Waals surface area contributed by atoms with Crippen molar-refractivity contribution in [3.05, 3.63) is 65.2 Å². The molecule has 0 heterocycles. The molecule has 0 aliphatic carbocycles. The zero-order valence-electron chi connectivity index (χ0n) is 11.6. The Kier molecular flexibility index (Phi) is 4.58. The van der Waals surface area contributed by atoms with Crippen LogP contribution in [-0.2, 0) is 6.42 Å². The predicted molar refractivity (Wildman–Crippen MR) is 79.7 cm³/mol. The smallest absolute Gasteiger partial charge is 0.118 e. The molecule has 1 atom stereocenters. The van der Waals surface area contributed by atoms with Crippen LogP contribution in [0.5, 0.6) is 5.75 Å². The number of aryl methyl sites for hydroxylation is 1. The van der Waals surface area contributed by atoms with Crippen molar-refractivity contribution in [3.8, 4) is 5.75 Å². The predicted octanol–water partition coefficient (Wildman–Crippen LogP) is 3.29. The first-order chi connectivity index (χ1) is 9.22. The average molecular weight is 255 g/mol. The maximum atomic E-state index is 5.92. The summed E-state index contributed by atoms with van der Waals surface area (Å²) in [5.41, 5.74) is 9.81. The van der Waals surface area contributed by atoms with Gasteiger partial charge in [0.05, 0.1) is 7.11 Å². The summed E-state index contributed by atoms with van der Waals surface area (Å²) in [4.78, 5) is 0. The Hall–Kier alpha value is -1.80. The maximum Gasteiger partial charge on any atom is 0.118 e. The van der Waals surface area contributed by atoms with Crippen LogP contribution >= 0.6 is 0 Å². The first kappa shape index (κ1) is 13.6. The van der Waals surface area contributed by atoms with Gasteiger partial charge in [-0.3, -0.25) is 0 Å². The van der Waals surface area contributed by atoms with Crippen molar-refractivity contribution in [1.29, 1.82) is 0 Å². The molecule has 19 heavy (non-hydrogen) atoms. The second-order valence-electron chi connectivity index (χ2n) is 4.90. The van der Waals surface area contributed by atoms with Crippen LogP contribution in [0.4, 0.5) is 0 Å². The van der Waals surface area contributed by atoms with E-state index in [0.29, 0.717) is 12.5 Å². The van der Waals surface area contributed by atoms with Crippen LogP contribution in [0, 0.1) is 6.92 Å². The van der Waals surface area contributed by atoms with Crippen LogP contribution < -0.4 is 10.5 Å². The van der Waals surface area contributed by atoms with Crippen molar-refractivity contribution in [2.24, 2.45) is 5.73 Å². The largest absolute Gasteiger partial charge is 0.497 e. The van der Waals surface area contributed by atoms with Crippen molar-refractivity contribution >= 4 is 0 Å². The zero-order valence-corrected chi connectivity index (χ0v) is 11.6. The first-order valence-electron chi connectivity index (χ1n) is 6.62. The summed E-state index contributed by atoms with van der Waals surface area (Å²) in [6.07, 6.45) is 0.975. The molecular weight excluding hydrogens is 234 g/mol. The van der Waals surface area contributed by atoms with E-state index in [-0.39, 0.29) is 0 Å².